The molecule has 0 bridgehead atoms. The van der Waals surface area contributed by atoms with Crippen molar-refractivity contribution in [1.29, 1.82) is 0 Å². The van der Waals surface area contributed by atoms with Gasteiger partial charge in [0, 0.05) is 83.7 Å². The van der Waals surface area contributed by atoms with Crippen molar-refractivity contribution in [3.05, 3.63) is 352 Å². The highest BCUT2D eigenvalue weighted by Crippen LogP contribution is 2.39. The molecule has 20 heteroatoms. The fourth-order valence-electron chi connectivity index (χ4n) is 15.1. The van der Waals surface area contributed by atoms with Gasteiger partial charge < -0.3 is 39.3 Å². The summed E-state index contributed by atoms with van der Waals surface area (Å²) >= 11 is 0. The highest BCUT2D eigenvalue weighted by molar-refractivity contribution is 6.64. The molecule has 0 unspecified atom stereocenters. The second-order valence-corrected chi connectivity index (χ2v) is 26.9. The number of fused-ring (bicyclic) bond motifs is 10. The number of hydrogen-bond donors (Lipinski definition) is 6. The summed E-state index contributed by atoms with van der Waals surface area (Å²) < 4.78 is 6.30. The first kappa shape index (κ1) is 69.5. The van der Waals surface area contributed by atoms with Crippen molar-refractivity contribution in [2.24, 2.45) is 0 Å². The Morgan fingerprint density at radius 1 is 0.232 bits per heavy atom. The van der Waals surface area contributed by atoms with E-state index < -0.39 is 21.4 Å². The van der Waals surface area contributed by atoms with Crippen LogP contribution in [0.5, 0.6) is 0 Å². The standard InChI is InChI=1S/2C33H23BN4O2.C26H18BN3O2/c39-34(40)27-18-10-20-29-30(27)26-17-7-8-19-28(26)38(29)25-16-9-15-24(21-25)33-36-31(22-11-3-1-4-12-22)35-32(37-33)23-13-5-2-6-14-23;39-34(40)26-12-8-16-32-33(26)25-11-1-2-15-31(25)38(32)24-10-7-9-22(19-24)23-20-29(27-13-3-5-17-35-27)37-30(21-23)28-14-4-6-18-36-28;31-27(32)20-13-8-16-23-24(20)19-12-5-7-15-22(19)30(23)26-28-21-14-6-4-11-18(21)25(29-26)17-9-2-1-3-10-17/h2*1-21,39-40H;1-16,31-32H. The largest absolute Gasteiger partial charge is 0.489 e. The van der Waals surface area contributed by atoms with Crippen molar-refractivity contribution in [2.45, 2.75) is 0 Å². The maximum Gasteiger partial charge on any atom is 0.489 e. The zero-order valence-electron chi connectivity index (χ0n) is 59.8. The molecule has 0 spiro atoms. The van der Waals surface area contributed by atoms with Gasteiger partial charge in [-0.1, -0.05) is 237 Å². The minimum absolute atomic E-state index is 0.460. The van der Waals surface area contributed by atoms with Gasteiger partial charge in [0.1, 0.15) is 0 Å². The van der Waals surface area contributed by atoms with Gasteiger partial charge in [0.05, 0.1) is 67.1 Å². The minimum atomic E-state index is -1.58. The molecule has 0 aliphatic rings. The average molecular weight is 1450 g/mol. The molecular formula is C92H64B3N11O6. The van der Waals surface area contributed by atoms with Gasteiger partial charge in [-0.15, -0.1) is 0 Å². The van der Waals surface area contributed by atoms with E-state index in [0.29, 0.717) is 39.8 Å². The van der Waals surface area contributed by atoms with Crippen LogP contribution in [0.2, 0.25) is 0 Å². The van der Waals surface area contributed by atoms with Gasteiger partial charge in [-0.05, 0) is 131 Å². The molecule has 6 N–H and O–H groups in total. The fourth-order valence-corrected chi connectivity index (χ4v) is 15.1. The van der Waals surface area contributed by atoms with E-state index in [0.717, 1.165) is 150 Å². The molecule has 0 aliphatic heterocycles. The smallest absolute Gasteiger partial charge is 0.423 e. The lowest BCUT2D eigenvalue weighted by molar-refractivity contribution is 0.425. The van der Waals surface area contributed by atoms with Crippen LogP contribution in [0.3, 0.4) is 0 Å². The normalized spacial score (nSPS) is 11.3. The van der Waals surface area contributed by atoms with Crippen LogP contribution >= 0.6 is 0 Å². The van der Waals surface area contributed by atoms with E-state index in [2.05, 4.69) is 61.6 Å². The van der Waals surface area contributed by atoms with Crippen LogP contribution in [0.15, 0.2) is 352 Å². The number of hydrogen-bond acceptors (Lipinski definition) is 14. The van der Waals surface area contributed by atoms with E-state index in [-0.39, 0.29) is 0 Å². The zero-order valence-corrected chi connectivity index (χ0v) is 59.8. The summed E-state index contributed by atoms with van der Waals surface area (Å²) in [6, 6.07) is 111. The molecule has 0 amide bonds. The minimum Gasteiger partial charge on any atom is -0.423 e. The van der Waals surface area contributed by atoms with E-state index in [1.807, 2.05) is 284 Å². The van der Waals surface area contributed by atoms with Crippen LogP contribution < -0.4 is 16.4 Å². The van der Waals surface area contributed by atoms with Crippen LogP contribution in [0.1, 0.15) is 0 Å². The van der Waals surface area contributed by atoms with Crippen LogP contribution in [0.25, 0.3) is 173 Å². The summed E-state index contributed by atoms with van der Waals surface area (Å²) in [5.41, 5.74) is 19.3. The van der Waals surface area contributed by atoms with Gasteiger partial charge >= 0.3 is 21.4 Å². The molecule has 20 aromatic rings. The Morgan fingerprint density at radius 2 is 0.589 bits per heavy atom. The third kappa shape index (κ3) is 13.2. The van der Waals surface area contributed by atoms with Crippen molar-refractivity contribution in [1.82, 2.24) is 53.6 Å². The monoisotopic (exact) mass is 1450 g/mol. The summed E-state index contributed by atoms with van der Waals surface area (Å²) in [6.45, 7) is 0. The SMILES string of the molecule is OB(O)c1cccc2c1c1ccccc1n2-c1cccc(-c2cc(-c3ccccn3)nc(-c3ccccn3)c2)c1.OB(O)c1cccc2c1c1ccccc1n2-c1cccc(-c2nc(-c3ccccc3)nc(-c3ccccc3)n2)c1.OB(O)c1cccc2c1c1ccccc1n2-c1nc(-c2ccccc2)c2ccccc2n1. The van der Waals surface area contributed by atoms with E-state index >= 15 is 0 Å². The third-order valence-corrected chi connectivity index (χ3v) is 20.0. The van der Waals surface area contributed by atoms with E-state index in [1.54, 1.807) is 30.6 Å². The molecule has 8 aromatic heterocycles. The maximum atomic E-state index is 10.1. The number of para-hydroxylation sites is 4. The van der Waals surface area contributed by atoms with Crippen LogP contribution in [-0.2, 0) is 0 Å². The lowest BCUT2D eigenvalue weighted by Crippen LogP contribution is -2.30. The molecule has 8 heterocycles. The summed E-state index contributed by atoms with van der Waals surface area (Å²) in [5.74, 6) is 2.32. The Labute approximate surface area is 642 Å². The zero-order chi connectivity index (χ0) is 75.8. The maximum absolute atomic E-state index is 10.1. The Hall–Kier alpha value is -14.2. The molecule has 0 atom stereocenters. The van der Waals surface area contributed by atoms with Crippen LogP contribution in [-0.4, -0.2) is 105 Å². The summed E-state index contributed by atoms with van der Waals surface area (Å²) in [5, 5.41) is 66.8. The Morgan fingerprint density at radius 3 is 1.04 bits per heavy atom. The molecule has 12 aromatic carbocycles. The topological polar surface area (TPSA) is 239 Å². The Balaban J connectivity index is 0.000000118. The average Bonchev–Trinajstić information content (AvgIpc) is 1.59. The highest BCUT2D eigenvalue weighted by atomic mass is 16.4. The fraction of sp³-hybridized carbons (Fsp3) is 0. The lowest BCUT2D eigenvalue weighted by atomic mass is 9.77. The van der Waals surface area contributed by atoms with E-state index in [9.17, 15) is 30.1 Å². The molecular weight excluding hydrogens is 1390 g/mol. The first-order valence-corrected chi connectivity index (χ1v) is 36.5. The van der Waals surface area contributed by atoms with Gasteiger partial charge in [0.15, 0.2) is 17.5 Å². The second kappa shape index (κ2) is 30.1. The predicted molar refractivity (Wildman–Crippen MR) is 450 cm³/mol. The van der Waals surface area contributed by atoms with Gasteiger partial charge in [0.2, 0.25) is 5.95 Å². The van der Waals surface area contributed by atoms with Crippen molar-refractivity contribution in [2.75, 3.05) is 0 Å². The molecule has 0 fully saturated rings. The van der Waals surface area contributed by atoms with Crippen LogP contribution in [0.4, 0.5) is 0 Å². The molecule has 532 valence electrons. The number of benzene rings is 12. The van der Waals surface area contributed by atoms with E-state index in [4.69, 9.17) is 29.9 Å². The summed E-state index contributed by atoms with van der Waals surface area (Å²) in [7, 11) is -4.72. The number of rotatable bonds is 13. The van der Waals surface area contributed by atoms with Gasteiger partial charge in [0.25, 0.3) is 0 Å². The number of nitrogens with zero attached hydrogens (tertiary/aromatic N) is 11. The van der Waals surface area contributed by atoms with Crippen LogP contribution in [0, 0.1) is 0 Å². The van der Waals surface area contributed by atoms with Gasteiger partial charge in [-0.25, -0.2) is 29.9 Å². The number of pyridine rings is 3. The molecule has 20 rings (SSSR count). The molecule has 0 aliphatic carbocycles. The van der Waals surface area contributed by atoms with Crippen molar-refractivity contribution < 1.29 is 30.1 Å². The Bertz CT molecular complexity index is 6490. The van der Waals surface area contributed by atoms with Crippen molar-refractivity contribution >= 4 is 114 Å². The first-order valence-electron chi connectivity index (χ1n) is 36.5. The molecule has 112 heavy (non-hydrogen) atoms. The first-order chi connectivity index (χ1) is 55.1. The van der Waals surface area contributed by atoms with Gasteiger partial charge in [-0.3, -0.25) is 14.5 Å². The highest BCUT2D eigenvalue weighted by Gasteiger charge is 2.26. The quantitative estimate of drug-likeness (QED) is 0.0589. The third-order valence-electron chi connectivity index (χ3n) is 20.0. The number of aromatic nitrogens is 11. The van der Waals surface area contributed by atoms with Crippen molar-refractivity contribution in [3.63, 3.8) is 0 Å². The molecule has 0 radical (unpaired) electrons. The summed E-state index contributed by atoms with van der Waals surface area (Å²) in [4.78, 5) is 38.5. The lowest BCUT2D eigenvalue weighted by Gasteiger charge is -2.12. The van der Waals surface area contributed by atoms with Crippen molar-refractivity contribution in [3.8, 4) is 96.6 Å². The van der Waals surface area contributed by atoms with Gasteiger partial charge in [-0.2, -0.15) is 0 Å². The molecule has 17 nitrogen and oxygen atoms in total. The second-order valence-electron chi connectivity index (χ2n) is 26.9. The Kier molecular flexibility index (Phi) is 18.7. The molecule has 0 saturated carbocycles. The predicted octanol–water partition coefficient (Wildman–Crippen LogP) is 15.4. The van der Waals surface area contributed by atoms with E-state index in [1.165, 1.54) is 0 Å². The molecule has 0 saturated heterocycles. The summed E-state index contributed by atoms with van der Waals surface area (Å²) in [6.07, 6.45) is 3.54.